The van der Waals surface area contributed by atoms with E-state index in [1.807, 2.05) is 37.3 Å². The van der Waals surface area contributed by atoms with Crippen molar-refractivity contribution >= 4 is 27.5 Å². The molecule has 0 N–H and O–H groups in total. The van der Waals surface area contributed by atoms with Crippen LogP contribution in [-0.2, 0) is 9.53 Å². The summed E-state index contributed by atoms with van der Waals surface area (Å²) in [5.74, 6) is -0.480. The normalized spacial score (nSPS) is 12.2. The van der Waals surface area contributed by atoms with Gasteiger partial charge in [0.05, 0.1) is 12.0 Å². The van der Waals surface area contributed by atoms with Crippen LogP contribution in [0.4, 0.5) is 0 Å². The lowest BCUT2D eigenvalue weighted by molar-refractivity contribution is -0.147. The van der Waals surface area contributed by atoms with Crippen LogP contribution < -0.4 is 5.56 Å². The van der Waals surface area contributed by atoms with Crippen molar-refractivity contribution in [1.82, 2.24) is 15.0 Å². The second-order valence-electron chi connectivity index (χ2n) is 5.38. The number of carbonyl (C=O) groups is 1. The molecule has 3 aromatic rings. The van der Waals surface area contributed by atoms with Gasteiger partial charge in [-0.25, -0.2) is 4.79 Å². The van der Waals surface area contributed by atoms with E-state index in [2.05, 4.69) is 10.3 Å². The van der Waals surface area contributed by atoms with Gasteiger partial charge in [-0.05, 0) is 25.0 Å². The summed E-state index contributed by atoms with van der Waals surface area (Å²) < 4.78 is 6.17. The number of carbonyl (C=O) groups excluding carboxylic acids is 1. The summed E-state index contributed by atoms with van der Waals surface area (Å²) >= 11 is 1.40. The Morgan fingerprint density at radius 3 is 2.79 bits per heavy atom. The molecule has 0 saturated carbocycles. The van der Waals surface area contributed by atoms with Gasteiger partial charge < -0.3 is 4.74 Å². The molecule has 6 nitrogen and oxygen atoms in total. The highest BCUT2D eigenvalue weighted by Crippen LogP contribution is 2.30. The fraction of sp³-hybridized carbons (Fsp3) is 0.294. The first kappa shape index (κ1) is 16.3. The lowest BCUT2D eigenvalue weighted by Gasteiger charge is -2.11. The Kier molecular flexibility index (Phi) is 4.71. The molecule has 0 fully saturated rings. The van der Waals surface area contributed by atoms with E-state index in [1.165, 1.54) is 11.3 Å². The van der Waals surface area contributed by atoms with Crippen molar-refractivity contribution in [2.45, 2.75) is 26.3 Å². The van der Waals surface area contributed by atoms with E-state index in [4.69, 9.17) is 4.74 Å². The summed E-state index contributed by atoms with van der Waals surface area (Å²) in [6.07, 6.45) is 0.725. The second kappa shape index (κ2) is 6.92. The minimum absolute atomic E-state index is 0.324. The topological polar surface area (TPSA) is 74.1 Å². The molecular formula is C17H17N3O3S. The molecule has 0 amide bonds. The largest absolute Gasteiger partial charge is 0.464 e. The van der Waals surface area contributed by atoms with Crippen LogP contribution in [0.5, 0.6) is 0 Å². The van der Waals surface area contributed by atoms with Crippen molar-refractivity contribution in [3.63, 3.8) is 0 Å². The third-order valence-electron chi connectivity index (χ3n) is 3.60. The van der Waals surface area contributed by atoms with E-state index in [0.29, 0.717) is 16.8 Å². The highest BCUT2D eigenvalue weighted by Gasteiger charge is 2.21. The number of fused-ring (bicyclic) bond motifs is 1. The Bertz CT molecular complexity index is 918. The Morgan fingerprint density at radius 2 is 2.08 bits per heavy atom. The van der Waals surface area contributed by atoms with Crippen molar-refractivity contribution < 1.29 is 9.53 Å². The third kappa shape index (κ3) is 3.07. The van der Waals surface area contributed by atoms with Crippen molar-refractivity contribution in [2.75, 3.05) is 6.61 Å². The van der Waals surface area contributed by atoms with Gasteiger partial charge in [0.15, 0.2) is 10.9 Å². The molecule has 3 rings (SSSR count). The number of ether oxygens (including phenoxy) is 1. The molecule has 124 valence electrons. The molecule has 0 aliphatic carbocycles. The standard InChI is InChI=1S/C17H17N3O3S/c1-3-9-23-17(22)11(2)20-16(21)13-10-14(24-15(13)18-19-20)12-7-5-4-6-8-12/h4-8,10-11H,3,9H2,1-2H3/t11-/m1/s1. The van der Waals surface area contributed by atoms with Gasteiger partial charge in [0.25, 0.3) is 5.56 Å². The van der Waals surface area contributed by atoms with Crippen LogP contribution in [-0.4, -0.2) is 27.6 Å². The number of thiophene rings is 1. The number of hydrogen-bond acceptors (Lipinski definition) is 6. The quantitative estimate of drug-likeness (QED) is 0.666. The van der Waals surface area contributed by atoms with E-state index in [0.717, 1.165) is 21.5 Å². The van der Waals surface area contributed by atoms with Crippen molar-refractivity contribution in [2.24, 2.45) is 0 Å². The number of benzene rings is 1. The smallest absolute Gasteiger partial charge is 0.330 e. The zero-order chi connectivity index (χ0) is 17.1. The predicted molar refractivity (Wildman–Crippen MR) is 93.1 cm³/mol. The van der Waals surface area contributed by atoms with Crippen LogP contribution in [0, 0.1) is 0 Å². The Labute approximate surface area is 142 Å². The summed E-state index contributed by atoms with van der Waals surface area (Å²) in [5.41, 5.74) is 0.682. The Hall–Kier alpha value is -2.54. The molecule has 1 aromatic carbocycles. The average molecular weight is 343 g/mol. The van der Waals surface area contributed by atoms with E-state index in [9.17, 15) is 9.59 Å². The molecule has 1 atom stereocenters. The van der Waals surface area contributed by atoms with E-state index in [-0.39, 0.29) is 5.56 Å². The van der Waals surface area contributed by atoms with Gasteiger partial charge in [-0.1, -0.05) is 42.5 Å². The van der Waals surface area contributed by atoms with Gasteiger partial charge in [-0.3, -0.25) is 4.79 Å². The zero-order valence-corrected chi connectivity index (χ0v) is 14.2. The van der Waals surface area contributed by atoms with Crippen LogP contribution in [0.25, 0.3) is 20.7 Å². The Morgan fingerprint density at radius 1 is 1.33 bits per heavy atom. The van der Waals surface area contributed by atoms with Crippen LogP contribution >= 0.6 is 11.3 Å². The van der Waals surface area contributed by atoms with Gasteiger partial charge >= 0.3 is 5.97 Å². The fourth-order valence-corrected chi connectivity index (χ4v) is 3.26. The lowest BCUT2D eigenvalue weighted by Crippen LogP contribution is -2.32. The molecule has 0 radical (unpaired) electrons. The molecule has 0 aliphatic heterocycles. The van der Waals surface area contributed by atoms with Gasteiger partial charge in [-0.15, -0.1) is 16.4 Å². The van der Waals surface area contributed by atoms with Crippen molar-refractivity contribution in [1.29, 1.82) is 0 Å². The SMILES string of the molecule is CCCOC(=O)[C@@H](C)n1nnc2sc(-c3ccccc3)cc2c1=O. The minimum atomic E-state index is -0.805. The monoisotopic (exact) mass is 343 g/mol. The minimum Gasteiger partial charge on any atom is -0.464 e. The van der Waals surface area contributed by atoms with Crippen LogP contribution in [0.3, 0.4) is 0 Å². The number of hydrogen-bond donors (Lipinski definition) is 0. The van der Waals surface area contributed by atoms with Gasteiger partial charge in [0, 0.05) is 4.88 Å². The molecule has 2 aromatic heterocycles. The summed E-state index contributed by atoms with van der Waals surface area (Å²) in [6, 6.07) is 10.8. The number of aromatic nitrogens is 3. The molecule has 2 heterocycles. The molecule has 0 saturated heterocycles. The number of esters is 1. The first-order chi connectivity index (χ1) is 11.6. The second-order valence-corrected chi connectivity index (χ2v) is 6.41. The van der Waals surface area contributed by atoms with Crippen molar-refractivity contribution in [3.8, 4) is 10.4 Å². The van der Waals surface area contributed by atoms with E-state index >= 15 is 0 Å². The number of rotatable bonds is 5. The third-order valence-corrected chi connectivity index (χ3v) is 4.67. The first-order valence-electron chi connectivity index (χ1n) is 7.73. The van der Waals surface area contributed by atoms with Crippen LogP contribution in [0.15, 0.2) is 41.2 Å². The highest BCUT2D eigenvalue weighted by atomic mass is 32.1. The molecule has 24 heavy (non-hydrogen) atoms. The molecule has 0 bridgehead atoms. The summed E-state index contributed by atoms with van der Waals surface area (Å²) in [5, 5.41) is 8.46. The maximum Gasteiger partial charge on any atom is 0.330 e. The van der Waals surface area contributed by atoms with Gasteiger partial charge in [0.1, 0.15) is 0 Å². The fourth-order valence-electron chi connectivity index (χ4n) is 2.28. The highest BCUT2D eigenvalue weighted by molar-refractivity contribution is 7.21. The number of nitrogens with zero attached hydrogens (tertiary/aromatic N) is 3. The molecular weight excluding hydrogens is 326 g/mol. The molecule has 7 heteroatoms. The summed E-state index contributed by atoms with van der Waals surface area (Å²) in [4.78, 5) is 26.1. The van der Waals surface area contributed by atoms with Gasteiger partial charge in [0.2, 0.25) is 0 Å². The van der Waals surface area contributed by atoms with E-state index < -0.39 is 12.0 Å². The lowest BCUT2D eigenvalue weighted by atomic mass is 10.2. The van der Waals surface area contributed by atoms with E-state index in [1.54, 1.807) is 13.0 Å². The average Bonchev–Trinajstić information content (AvgIpc) is 3.05. The zero-order valence-electron chi connectivity index (χ0n) is 13.4. The van der Waals surface area contributed by atoms with Gasteiger partial charge in [-0.2, -0.15) is 4.68 Å². The van der Waals surface area contributed by atoms with Crippen LogP contribution in [0.2, 0.25) is 0 Å². The summed E-state index contributed by atoms with van der Waals surface area (Å²) in [7, 11) is 0. The first-order valence-corrected chi connectivity index (χ1v) is 8.54. The molecule has 0 unspecified atom stereocenters. The summed E-state index contributed by atoms with van der Waals surface area (Å²) in [6.45, 7) is 3.82. The predicted octanol–water partition coefficient (Wildman–Crippen LogP) is 3.03. The molecule has 0 aliphatic rings. The maximum atomic E-state index is 12.7. The Balaban J connectivity index is 1.99. The van der Waals surface area contributed by atoms with Crippen molar-refractivity contribution in [3.05, 3.63) is 46.8 Å². The maximum absolute atomic E-state index is 12.7. The van der Waals surface area contributed by atoms with Crippen LogP contribution in [0.1, 0.15) is 26.3 Å². The molecule has 0 spiro atoms.